The number of nitrogens with zero attached hydrogens (tertiary/aromatic N) is 6. The van der Waals surface area contributed by atoms with Gasteiger partial charge in [0.25, 0.3) is 33.4 Å². The number of aromatic amines is 1. The summed E-state index contributed by atoms with van der Waals surface area (Å²) < 4.78 is 71.5. The van der Waals surface area contributed by atoms with Gasteiger partial charge in [-0.15, -0.1) is 0 Å². The first-order valence-electron chi connectivity index (χ1n) is 34.6. The summed E-state index contributed by atoms with van der Waals surface area (Å²) in [6.07, 6.45) is 7.94. The molecule has 29 heteroatoms. The summed E-state index contributed by atoms with van der Waals surface area (Å²) in [6, 6.07) is 30.1. The Kier molecular flexibility index (Phi) is 24.7. The first-order chi connectivity index (χ1) is 49.6. The number of pyridine rings is 1. The zero-order valence-electron chi connectivity index (χ0n) is 56.6. The number of amides is 5. The predicted molar refractivity (Wildman–Crippen MR) is 381 cm³/mol. The van der Waals surface area contributed by atoms with Crippen molar-refractivity contribution in [3.63, 3.8) is 0 Å². The van der Waals surface area contributed by atoms with Gasteiger partial charge in [-0.2, -0.15) is 0 Å². The molecule has 1 atom stereocenters. The van der Waals surface area contributed by atoms with Crippen molar-refractivity contribution in [1.29, 1.82) is 0 Å². The van der Waals surface area contributed by atoms with Crippen LogP contribution in [0.5, 0.6) is 17.2 Å². The molecule has 0 radical (unpaired) electrons. The Hall–Kier alpha value is -9.10. The van der Waals surface area contributed by atoms with Gasteiger partial charge in [0.15, 0.2) is 0 Å². The highest BCUT2D eigenvalue weighted by Crippen LogP contribution is 2.38. The number of piperidine rings is 2. The molecular weight excluding hydrogens is 1350 g/mol. The van der Waals surface area contributed by atoms with Crippen molar-refractivity contribution in [1.82, 2.24) is 34.7 Å². The average Bonchev–Trinajstić information content (AvgIpc) is 1.59. The van der Waals surface area contributed by atoms with Gasteiger partial charge in [-0.1, -0.05) is 41.9 Å². The largest absolute Gasteiger partial charge is 0.493 e. The normalized spacial score (nSPS) is 17.2. The minimum absolute atomic E-state index is 0.0501. The van der Waals surface area contributed by atoms with E-state index in [0.717, 1.165) is 96.2 Å². The van der Waals surface area contributed by atoms with Crippen LogP contribution in [0.2, 0.25) is 5.02 Å². The Morgan fingerprint density at radius 2 is 1.44 bits per heavy atom. The lowest BCUT2D eigenvalue weighted by Crippen LogP contribution is -2.54. The van der Waals surface area contributed by atoms with Crippen molar-refractivity contribution < 1.29 is 70.5 Å². The minimum Gasteiger partial charge on any atom is -0.493 e. The number of H-pyrrole nitrogens is 1. The van der Waals surface area contributed by atoms with Gasteiger partial charge in [-0.25, -0.2) is 18.1 Å². The molecule has 4 saturated heterocycles. The molecular formula is C73H84ClN11O16S. The molecule has 5 aliphatic rings. The minimum atomic E-state index is -4.62. The molecule has 5 aliphatic heterocycles. The van der Waals surface area contributed by atoms with Gasteiger partial charge in [0.1, 0.15) is 34.6 Å². The first-order valence-corrected chi connectivity index (χ1v) is 36.5. The number of sulfonamides is 1. The third kappa shape index (κ3) is 18.6. The van der Waals surface area contributed by atoms with Crippen LogP contribution in [-0.2, 0) is 49.8 Å². The molecule has 102 heavy (non-hydrogen) atoms. The van der Waals surface area contributed by atoms with Crippen molar-refractivity contribution in [3.8, 4) is 28.4 Å². The third-order valence-corrected chi connectivity index (χ3v) is 20.5. The van der Waals surface area contributed by atoms with Gasteiger partial charge >= 0.3 is 0 Å². The average molecular weight is 1440 g/mol. The summed E-state index contributed by atoms with van der Waals surface area (Å²) in [5.41, 5.74) is 5.08. The number of carbonyl (C=O) groups excluding carboxylic acids is 5. The fourth-order valence-electron chi connectivity index (χ4n) is 13.3. The maximum Gasteiger partial charge on any atom is 0.293 e. The lowest BCUT2D eigenvalue weighted by atomic mass is 9.96. The SMILES string of the molecule is O=C1CCC(N2C(=O)c3cccc(NCCOCCOCCOCCOCCCN4CCC(COc5cccc(-c6ccc(Cl)cc6)c5CN5CCN(c6ccc(C(=O)NS(=O)(=O)c7ccc(NCC8CCOCC8)c([N+](=O)[O-])c7)c(Oc7cnc8[nH]ccc8c7)c6)CC5)CC4)c3C2=O)C(=O)N1. The molecule has 7 heterocycles. The molecule has 5 aromatic carbocycles. The smallest absolute Gasteiger partial charge is 0.293 e. The number of hydrogen-bond acceptors (Lipinski definition) is 22. The van der Waals surface area contributed by atoms with E-state index in [-0.39, 0.29) is 46.9 Å². The zero-order chi connectivity index (χ0) is 71.0. The molecule has 4 fully saturated rings. The summed E-state index contributed by atoms with van der Waals surface area (Å²) in [5, 5.41) is 22.1. The molecule has 2 aromatic heterocycles. The predicted octanol–water partition coefficient (Wildman–Crippen LogP) is 8.92. The highest BCUT2D eigenvalue weighted by atomic mass is 35.5. The Morgan fingerprint density at radius 1 is 0.716 bits per heavy atom. The molecule has 540 valence electrons. The molecule has 0 saturated carbocycles. The molecule has 27 nitrogen and oxygen atoms in total. The summed E-state index contributed by atoms with van der Waals surface area (Å²) in [4.78, 5) is 91.4. The summed E-state index contributed by atoms with van der Waals surface area (Å²) >= 11 is 6.39. The monoisotopic (exact) mass is 1440 g/mol. The highest BCUT2D eigenvalue weighted by Gasteiger charge is 2.46. The molecule has 0 bridgehead atoms. The van der Waals surface area contributed by atoms with Crippen molar-refractivity contribution in [2.75, 3.05) is 147 Å². The number of likely N-dealkylation sites (tertiary alicyclic amines) is 1. The van der Waals surface area contributed by atoms with Crippen LogP contribution in [0.4, 0.5) is 22.7 Å². The van der Waals surface area contributed by atoms with Crippen LogP contribution in [0, 0.1) is 22.0 Å². The molecule has 7 aromatic rings. The van der Waals surface area contributed by atoms with Crippen LogP contribution < -0.4 is 35.0 Å². The zero-order valence-corrected chi connectivity index (χ0v) is 58.2. The number of piperazine rings is 1. The quantitative estimate of drug-likeness (QED) is 0.0109. The Balaban J connectivity index is 0.566. The van der Waals surface area contributed by atoms with Crippen LogP contribution in [0.25, 0.3) is 22.2 Å². The standard InChI is InChI=1S/C73H84ClN11O16S/c74-53-10-8-51(9-11-53)57-4-2-7-65(100-48-50-19-26-81(27-20-50)25-3-32-95-36-38-98-40-41-99-39-37-97-35-24-75-62-6-1-5-59-68(62)73(90)84(72(59)89)63-16-17-67(86)79-71(63)88)60(57)47-82-28-30-83(31-29-82)54-12-14-58(66(43-54)101-55-42-52-18-23-76-69(52)78-46-55)70(87)80-102(93,94)56-13-15-61(64(44-56)85(91)92)77-45-49-21-33-96-34-22-49/h1-2,4-15,18,23,42-44,46,49-50,63,75,77H,3,16-17,19-22,24-41,45,47-48H2,(H,76,78)(H,80,87)(H,79,86,88). The summed E-state index contributed by atoms with van der Waals surface area (Å²) in [7, 11) is -4.62. The van der Waals surface area contributed by atoms with Crippen molar-refractivity contribution in [2.45, 2.75) is 62.4 Å². The fourth-order valence-corrected chi connectivity index (χ4v) is 14.4. The lowest BCUT2D eigenvalue weighted by molar-refractivity contribution is -0.384. The van der Waals surface area contributed by atoms with E-state index >= 15 is 0 Å². The number of nitro benzene ring substituents is 1. The Bertz CT molecular complexity index is 4240. The number of halogens is 1. The molecule has 0 aliphatic carbocycles. The van der Waals surface area contributed by atoms with Gasteiger partial charge in [0.05, 0.1) is 85.6 Å². The lowest BCUT2D eigenvalue weighted by Gasteiger charge is -2.37. The van der Waals surface area contributed by atoms with E-state index in [1.54, 1.807) is 42.6 Å². The third-order valence-electron chi connectivity index (χ3n) is 18.9. The number of rotatable bonds is 34. The molecule has 5 N–H and O–H groups in total. The summed E-state index contributed by atoms with van der Waals surface area (Å²) in [5.74, 6) is -1.33. The van der Waals surface area contributed by atoms with Crippen LogP contribution >= 0.6 is 11.6 Å². The second-order valence-electron chi connectivity index (χ2n) is 25.7. The van der Waals surface area contributed by atoms with Gasteiger partial charge in [-0.3, -0.25) is 49.2 Å². The van der Waals surface area contributed by atoms with Crippen molar-refractivity contribution >= 4 is 84.9 Å². The van der Waals surface area contributed by atoms with Crippen LogP contribution in [0.15, 0.2) is 126 Å². The number of imide groups is 2. The molecule has 5 amide bonds. The van der Waals surface area contributed by atoms with E-state index in [4.69, 9.17) is 44.8 Å². The van der Waals surface area contributed by atoms with Crippen LogP contribution in [-0.4, -0.2) is 205 Å². The summed E-state index contributed by atoms with van der Waals surface area (Å²) in [6.45, 7) is 12.2. The van der Waals surface area contributed by atoms with Crippen LogP contribution in [0.1, 0.15) is 81.6 Å². The number of benzene rings is 5. The van der Waals surface area contributed by atoms with Crippen molar-refractivity contribution in [2.24, 2.45) is 11.8 Å². The van der Waals surface area contributed by atoms with Gasteiger partial charge in [-0.05, 0) is 141 Å². The van der Waals surface area contributed by atoms with E-state index in [1.165, 1.54) is 24.4 Å². The maximum absolute atomic E-state index is 14.2. The van der Waals surface area contributed by atoms with E-state index in [1.807, 2.05) is 36.4 Å². The van der Waals surface area contributed by atoms with E-state index in [0.29, 0.717) is 147 Å². The highest BCUT2D eigenvalue weighted by molar-refractivity contribution is 7.90. The topological polar surface area (TPSA) is 317 Å². The van der Waals surface area contributed by atoms with E-state index < -0.39 is 61.1 Å². The van der Waals surface area contributed by atoms with Gasteiger partial charge < -0.3 is 58.6 Å². The number of fused-ring (bicyclic) bond motifs is 2. The van der Waals surface area contributed by atoms with E-state index in [2.05, 4.69) is 57.5 Å². The number of nitro groups is 1. The number of aromatic nitrogens is 2. The Morgan fingerprint density at radius 3 is 2.19 bits per heavy atom. The number of carbonyl (C=O) groups is 5. The number of hydrogen-bond donors (Lipinski definition) is 5. The fraction of sp³-hybridized carbons (Fsp3) is 0.425. The Labute approximate surface area is 595 Å². The number of anilines is 3. The maximum atomic E-state index is 14.2. The number of nitrogens with one attached hydrogen (secondary N) is 5. The molecule has 0 spiro atoms. The second-order valence-corrected chi connectivity index (χ2v) is 27.8. The van der Waals surface area contributed by atoms with Crippen molar-refractivity contribution in [3.05, 3.63) is 159 Å². The van der Waals surface area contributed by atoms with Gasteiger partial charge in [0, 0.05) is 124 Å². The molecule has 12 rings (SSSR count). The first kappa shape index (κ1) is 72.7. The second kappa shape index (κ2) is 34.7. The van der Waals surface area contributed by atoms with Crippen LogP contribution in [0.3, 0.4) is 0 Å². The number of ether oxygens (including phenoxy) is 7. The van der Waals surface area contributed by atoms with Gasteiger partial charge in [0.2, 0.25) is 11.8 Å². The van der Waals surface area contributed by atoms with E-state index in [9.17, 15) is 42.5 Å². The molecule has 1 unspecified atom stereocenters.